The van der Waals surface area contributed by atoms with Gasteiger partial charge in [-0.3, -0.25) is 4.79 Å². The van der Waals surface area contributed by atoms with Crippen LogP contribution in [-0.2, 0) is 9.53 Å². The monoisotopic (exact) mass is 327 g/mol. The number of ether oxygens (including phenoxy) is 1. The minimum Gasteiger partial charge on any atom is -0.465 e. The van der Waals surface area contributed by atoms with E-state index in [4.69, 9.17) is 10.5 Å². The summed E-state index contributed by atoms with van der Waals surface area (Å²) in [5, 5.41) is 0. The second-order valence-corrected chi connectivity index (χ2v) is 6.66. The first kappa shape index (κ1) is 18.5. The second kappa shape index (κ2) is 9.43. The number of hydrogen-bond acceptors (Lipinski definition) is 3. The zero-order valence-electron chi connectivity index (χ0n) is 14.8. The third kappa shape index (κ3) is 5.64. The molecule has 0 amide bonds. The molecule has 0 spiro atoms. The molecular formula is C21H29NO2. The number of nitrogens with two attached hydrogens (primary N) is 1. The Kier molecular flexibility index (Phi) is 7.26. The fourth-order valence-corrected chi connectivity index (χ4v) is 3.04. The smallest absolute Gasteiger partial charge is 0.308 e. The summed E-state index contributed by atoms with van der Waals surface area (Å²) in [6, 6.07) is 10.5. The average molecular weight is 327 g/mol. The van der Waals surface area contributed by atoms with Crippen LogP contribution in [0.5, 0.6) is 0 Å². The van der Waals surface area contributed by atoms with E-state index in [0.29, 0.717) is 18.9 Å². The molecule has 0 fully saturated rings. The molecule has 3 heteroatoms. The van der Waals surface area contributed by atoms with Crippen LogP contribution in [0.4, 0.5) is 0 Å². The van der Waals surface area contributed by atoms with Gasteiger partial charge in [0.25, 0.3) is 0 Å². The van der Waals surface area contributed by atoms with Gasteiger partial charge in [0.1, 0.15) is 0 Å². The van der Waals surface area contributed by atoms with E-state index >= 15 is 0 Å². The van der Waals surface area contributed by atoms with Gasteiger partial charge in [-0.15, -0.1) is 0 Å². The SMILES string of the molecule is CCCOC(=O)[C@H](C)C[C@@H](N)CC1=CCC(c2ccccc2)C=C1. The largest absolute Gasteiger partial charge is 0.465 e. The summed E-state index contributed by atoms with van der Waals surface area (Å²) < 4.78 is 5.18. The zero-order chi connectivity index (χ0) is 17.4. The maximum atomic E-state index is 11.8. The Balaban J connectivity index is 1.79. The predicted octanol–water partition coefficient (Wildman–Crippen LogP) is 4.35. The van der Waals surface area contributed by atoms with E-state index in [9.17, 15) is 4.79 Å². The molecule has 0 saturated heterocycles. The van der Waals surface area contributed by atoms with Crippen molar-refractivity contribution in [3.05, 3.63) is 59.7 Å². The first-order chi connectivity index (χ1) is 11.6. The van der Waals surface area contributed by atoms with Crippen molar-refractivity contribution < 1.29 is 9.53 Å². The van der Waals surface area contributed by atoms with Gasteiger partial charge in [-0.05, 0) is 31.2 Å². The fourth-order valence-electron chi connectivity index (χ4n) is 3.04. The maximum absolute atomic E-state index is 11.8. The molecule has 0 bridgehead atoms. The van der Waals surface area contributed by atoms with Crippen molar-refractivity contribution >= 4 is 5.97 Å². The molecule has 0 saturated carbocycles. The molecule has 3 nitrogen and oxygen atoms in total. The summed E-state index contributed by atoms with van der Waals surface area (Å²) in [6.45, 7) is 4.38. The molecule has 0 aromatic heterocycles. The molecule has 130 valence electrons. The Morgan fingerprint density at radius 2 is 2.08 bits per heavy atom. The normalized spacial score (nSPS) is 19.5. The van der Waals surface area contributed by atoms with Crippen LogP contribution in [0.15, 0.2) is 54.1 Å². The van der Waals surface area contributed by atoms with Gasteiger partial charge in [-0.2, -0.15) is 0 Å². The van der Waals surface area contributed by atoms with Crippen LogP contribution >= 0.6 is 0 Å². The number of benzene rings is 1. The molecule has 0 radical (unpaired) electrons. The summed E-state index contributed by atoms with van der Waals surface area (Å²) in [7, 11) is 0. The highest BCUT2D eigenvalue weighted by Crippen LogP contribution is 2.28. The Morgan fingerprint density at radius 1 is 1.33 bits per heavy atom. The summed E-state index contributed by atoms with van der Waals surface area (Å²) in [5.41, 5.74) is 8.85. The van der Waals surface area contributed by atoms with Crippen LogP contribution in [0.1, 0.15) is 51.0 Å². The van der Waals surface area contributed by atoms with Crippen LogP contribution in [-0.4, -0.2) is 18.6 Å². The summed E-state index contributed by atoms with van der Waals surface area (Å²) in [4.78, 5) is 11.8. The van der Waals surface area contributed by atoms with Gasteiger partial charge in [0.05, 0.1) is 12.5 Å². The highest BCUT2D eigenvalue weighted by atomic mass is 16.5. The number of carbonyl (C=O) groups is 1. The number of carbonyl (C=O) groups excluding carboxylic acids is 1. The van der Waals surface area contributed by atoms with Crippen LogP contribution in [0, 0.1) is 5.92 Å². The van der Waals surface area contributed by atoms with Crippen molar-refractivity contribution in [2.24, 2.45) is 11.7 Å². The second-order valence-electron chi connectivity index (χ2n) is 6.66. The number of rotatable bonds is 8. The Labute approximate surface area is 145 Å². The molecule has 0 aliphatic heterocycles. The van der Waals surface area contributed by atoms with E-state index in [-0.39, 0.29) is 17.9 Å². The lowest BCUT2D eigenvalue weighted by molar-refractivity contribution is -0.148. The van der Waals surface area contributed by atoms with Crippen molar-refractivity contribution in [2.45, 2.75) is 51.5 Å². The summed E-state index contributed by atoms with van der Waals surface area (Å²) in [6.07, 6.45) is 10.1. The van der Waals surface area contributed by atoms with Crippen molar-refractivity contribution in [3.63, 3.8) is 0 Å². The molecule has 2 N–H and O–H groups in total. The Bertz CT molecular complexity index is 577. The van der Waals surface area contributed by atoms with Gasteiger partial charge < -0.3 is 10.5 Å². The summed E-state index contributed by atoms with van der Waals surface area (Å²) in [5.74, 6) is 0.176. The quantitative estimate of drug-likeness (QED) is 0.722. The number of hydrogen-bond donors (Lipinski definition) is 1. The lowest BCUT2D eigenvalue weighted by atomic mass is 9.87. The average Bonchev–Trinajstić information content (AvgIpc) is 2.61. The number of esters is 1. The fraction of sp³-hybridized carbons (Fsp3) is 0.476. The molecule has 1 aliphatic rings. The van der Waals surface area contributed by atoms with E-state index in [2.05, 4.69) is 42.5 Å². The molecule has 1 aliphatic carbocycles. The van der Waals surface area contributed by atoms with Gasteiger partial charge in [-0.1, -0.05) is 68.0 Å². The van der Waals surface area contributed by atoms with Crippen LogP contribution in [0.25, 0.3) is 0 Å². The molecule has 1 aromatic rings. The highest BCUT2D eigenvalue weighted by Gasteiger charge is 2.19. The van der Waals surface area contributed by atoms with Gasteiger partial charge in [0, 0.05) is 12.0 Å². The minimum atomic E-state index is -0.142. The third-order valence-corrected chi connectivity index (χ3v) is 4.41. The number of allylic oxidation sites excluding steroid dienone is 3. The Hall–Kier alpha value is -1.87. The van der Waals surface area contributed by atoms with E-state index in [1.807, 2.05) is 19.9 Å². The molecule has 1 aromatic carbocycles. The van der Waals surface area contributed by atoms with Gasteiger partial charge in [0.15, 0.2) is 0 Å². The van der Waals surface area contributed by atoms with Crippen molar-refractivity contribution in [1.82, 2.24) is 0 Å². The topological polar surface area (TPSA) is 52.3 Å². The minimum absolute atomic E-state index is 0.0154. The first-order valence-corrected chi connectivity index (χ1v) is 8.94. The standard InChI is InChI=1S/C21H29NO2/c1-3-13-24-21(23)16(2)14-20(22)15-17-9-11-19(12-10-17)18-7-5-4-6-8-18/h4-11,16,19-20H,3,12-15,22H2,1-2H3/t16-,19?,20-/m1/s1. The van der Waals surface area contributed by atoms with Gasteiger partial charge in [0.2, 0.25) is 0 Å². The lowest BCUT2D eigenvalue weighted by Gasteiger charge is -2.20. The molecule has 24 heavy (non-hydrogen) atoms. The lowest BCUT2D eigenvalue weighted by Crippen LogP contribution is -2.27. The zero-order valence-corrected chi connectivity index (χ0v) is 14.8. The summed E-state index contributed by atoms with van der Waals surface area (Å²) >= 11 is 0. The van der Waals surface area contributed by atoms with E-state index in [1.165, 1.54) is 11.1 Å². The molecule has 1 unspecified atom stereocenters. The maximum Gasteiger partial charge on any atom is 0.308 e. The van der Waals surface area contributed by atoms with E-state index in [0.717, 1.165) is 19.3 Å². The Morgan fingerprint density at radius 3 is 2.71 bits per heavy atom. The molecule has 3 atom stereocenters. The van der Waals surface area contributed by atoms with Crippen LogP contribution in [0.2, 0.25) is 0 Å². The van der Waals surface area contributed by atoms with Gasteiger partial charge in [-0.25, -0.2) is 0 Å². The van der Waals surface area contributed by atoms with Crippen LogP contribution in [0.3, 0.4) is 0 Å². The van der Waals surface area contributed by atoms with Crippen LogP contribution < -0.4 is 5.73 Å². The van der Waals surface area contributed by atoms with E-state index < -0.39 is 0 Å². The van der Waals surface area contributed by atoms with Crippen molar-refractivity contribution in [1.29, 1.82) is 0 Å². The highest BCUT2D eigenvalue weighted by molar-refractivity contribution is 5.72. The van der Waals surface area contributed by atoms with Crippen molar-refractivity contribution in [2.75, 3.05) is 6.61 Å². The third-order valence-electron chi connectivity index (χ3n) is 4.41. The van der Waals surface area contributed by atoms with Crippen molar-refractivity contribution in [3.8, 4) is 0 Å². The van der Waals surface area contributed by atoms with Gasteiger partial charge >= 0.3 is 5.97 Å². The molecule has 0 heterocycles. The predicted molar refractivity (Wildman–Crippen MR) is 98.6 cm³/mol. The molecule has 2 rings (SSSR count). The van der Waals surface area contributed by atoms with E-state index in [1.54, 1.807) is 0 Å². The molecular weight excluding hydrogens is 298 g/mol. The first-order valence-electron chi connectivity index (χ1n) is 8.94.